The number of likely N-dealkylation sites (tertiary alicyclic amines) is 1. The normalized spacial score (nSPS) is 28.7. The number of halogens is 1. The van der Waals surface area contributed by atoms with Gasteiger partial charge in [0.25, 0.3) is 5.91 Å². The van der Waals surface area contributed by atoms with Gasteiger partial charge in [-0.15, -0.1) is 0 Å². The third-order valence-corrected chi connectivity index (χ3v) is 8.10. The number of nitrogens with one attached hydrogen (secondary N) is 2. The summed E-state index contributed by atoms with van der Waals surface area (Å²) in [6.45, 7) is 0.516. The van der Waals surface area contributed by atoms with Crippen molar-refractivity contribution in [1.82, 2.24) is 25.4 Å². The first-order valence-corrected chi connectivity index (χ1v) is 12.5. The fraction of sp³-hybridized carbons (Fsp3) is 0.600. The van der Waals surface area contributed by atoms with Crippen molar-refractivity contribution in [2.45, 2.75) is 75.2 Å². The monoisotopic (exact) mass is 483 g/mol. The van der Waals surface area contributed by atoms with E-state index in [0.717, 1.165) is 44.7 Å². The zero-order chi connectivity index (χ0) is 24.2. The molecule has 2 aromatic rings. The lowest BCUT2D eigenvalue weighted by molar-refractivity contribution is -0.129. The lowest BCUT2D eigenvalue weighted by Crippen LogP contribution is -2.52. The number of nitrogens with zero attached hydrogens (tertiary/aromatic N) is 3. The lowest BCUT2D eigenvalue weighted by Gasteiger charge is -2.40. The summed E-state index contributed by atoms with van der Waals surface area (Å²) in [7, 11) is 1.45. The first-order chi connectivity index (χ1) is 16.9. The molecule has 2 amide bonds. The highest BCUT2D eigenvalue weighted by molar-refractivity contribution is 5.94. The molecule has 3 aliphatic heterocycles. The molecular formula is C25H30FN5O4. The van der Waals surface area contributed by atoms with Crippen LogP contribution in [0.15, 0.2) is 18.3 Å². The molecule has 2 aromatic heterocycles. The van der Waals surface area contributed by atoms with Crippen LogP contribution in [0.5, 0.6) is 5.88 Å². The number of piperidine rings is 1. The number of carbonyl (C=O) groups excluding carboxylic acids is 2. The molecule has 0 aromatic carbocycles. The fourth-order valence-corrected chi connectivity index (χ4v) is 6.09. The molecule has 3 atom stereocenters. The standard InChI is InChI=1S/C25H30FN5O4/c1-34-22-10-18(19(26)13-27-22)20-11-21(30-29-20)24(33)31-7-4-14(12-25(31)5-6-25)23(32)28-15-8-16-2-3-17(9-15)35-16/h10-11,13-17H,2-9,12H2,1H3,(H,28,32)(H,29,30)/t14-,15?,16?,17?/m0/s1. The van der Waals surface area contributed by atoms with Crippen molar-refractivity contribution in [3.05, 3.63) is 29.8 Å². The van der Waals surface area contributed by atoms with Crippen LogP contribution in [0.3, 0.4) is 0 Å². The Morgan fingerprint density at radius 1 is 1.23 bits per heavy atom. The summed E-state index contributed by atoms with van der Waals surface area (Å²) < 4.78 is 25.3. The van der Waals surface area contributed by atoms with Gasteiger partial charge in [-0.2, -0.15) is 5.10 Å². The Morgan fingerprint density at radius 3 is 2.71 bits per heavy atom. The number of aromatic amines is 1. The van der Waals surface area contributed by atoms with E-state index in [1.54, 1.807) is 6.07 Å². The maximum atomic E-state index is 14.3. The third-order valence-electron chi connectivity index (χ3n) is 8.10. The molecule has 2 bridgehead atoms. The van der Waals surface area contributed by atoms with Crippen LogP contribution in [0.25, 0.3) is 11.3 Å². The van der Waals surface area contributed by atoms with Crippen LogP contribution in [0.1, 0.15) is 61.9 Å². The molecule has 10 heteroatoms. The van der Waals surface area contributed by atoms with Gasteiger partial charge in [0.05, 0.1) is 31.2 Å². The van der Waals surface area contributed by atoms with Gasteiger partial charge in [0.15, 0.2) is 5.82 Å². The molecule has 1 aliphatic carbocycles. The van der Waals surface area contributed by atoms with Gasteiger partial charge in [0, 0.05) is 35.7 Å². The van der Waals surface area contributed by atoms with E-state index in [-0.39, 0.29) is 53.0 Å². The van der Waals surface area contributed by atoms with Crippen LogP contribution in [0.2, 0.25) is 0 Å². The van der Waals surface area contributed by atoms with Crippen molar-refractivity contribution < 1.29 is 23.5 Å². The van der Waals surface area contributed by atoms with Gasteiger partial charge in [-0.05, 0) is 57.4 Å². The summed E-state index contributed by atoms with van der Waals surface area (Å²) in [5.74, 6) is -0.414. The summed E-state index contributed by atoms with van der Waals surface area (Å²) in [6, 6.07) is 3.21. The summed E-state index contributed by atoms with van der Waals surface area (Å²) in [5.41, 5.74) is 0.561. The topological polar surface area (TPSA) is 109 Å². The fourth-order valence-electron chi connectivity index (χ4n) is 6.09. The van der Waals surface area contributed by atoms with Crippen LogP contribution in [0.4, 0.5) is 4.39 Å². The van der Waals surface area contributed by atoms with E-state index in [9.17, 15) is 14.0 Å². The number of H-pyrrole nitrogens is 1. The molecule has 4 aliphatic rings. The van der Waals surface area contributed by atoms with Crippen LogP contribution >= 0.6 is 0 Å². The number of methoxy groups -OCH3 is 1. The van der Waals surface area contributed by atoms with Gasteiger partial charge < -0.3 is 19.7 Å². The Labute approximate surface area is 202 Å². The molecule has 2 N–H and O–H groups in total. The molecular weight excluding hydrogens is 453 g/mol. The van der Waals surface area contributed by atoms with E-state index < -0.39 is 5.82 Å². The van der Waals surface area contributed by atoms with Crippen molar-refractivity contribution >= 4 is 11.8 Å². The summed E-state index contributed by atoms with van der Waals surface area (Å²) in [6.07, 6.45) is 8.72. The van der Waals surface area contributed by atoms with Gasteiger partial charge in [-0.1, -0.05) is 0 Å². The molecule has 3 saturated heterocycles. The molecule has 9 nitrogen and oxygen atoms in total. The van der Waals surface area contributed by atoms with E-state index in [2.05, 4.69) is 20.5 Å². The Kier molecular flexibility index (Phi) is 5.51. The molecule has 5 heterocycles. The van der Waals surface area contributed by atoms with Gasteiger partial charge in [0.2, 0.25) is 11.8 Å². The predicted molar refractivity (Wildman–Crippen MR) is 123 cm³/mol. The van der Waals surface area contributed by atoms with Crippen molar-refractivity contribution in [2.24, 2.45) is 5.92 Å². The number of aromatic nitrogens is 3. The summed E-state index contributed by atoms with van der Waals surface area (Å²) >= 11 is 0. The van der Waals surface area contributed by atoms with E-state index in [1.807, 2.05) is 4.90 Å². The van der Waals surface area contributed by atoms with Gasteiger partial charge in [-0.25, -0.2) is 9.37 Å². The highest BCUT2D eigenvalue weighted by Gasteiger charge is 2.55. The van der Waals surface area contributed by atoms with E-state index >= 15 is 0 Å². The summed E-state index contributed by atoms with van der Waals surface area (Å²) in [4.78, 5) is 32.2. The quantitative estimate of drug-likeness (QED) is 0.677. The molecule has 1 saturated carbocycles. The second kappa shape index (κ2) is 8.58. The van der Waals surface area contributed by atoms with Gasteiger partial charge in [0.1, 0.15) is 5.69 Å². The smallest absolute Gasteiger partial charge is 0.272 e. The number of carbonyl (C=O) groups is 2. The van der Waals surface area contributed by atoms with Crippen molar-refractivity contribution in [3.63, 3.8) is 0 Å². The molecule has 6 rings (SSSR count). The number of amides is 2. The molecule has 1 spiro atoms. The number of fused-ring (bicyclic) bond motifs is 2. The molecule has 4 fully saturated rings. The predicted octanol–water partition coefficient (Wildman–Crippen LogP) is 2.83. The first-order valence-electron chi connectivity index (χ1n) is 12.5. The highest BCUT2D eigenvalue weighted by atomic mass is 19.1. The van der Waals surface area contributed by atoms with Crippen LogP contribution in [0, 0.1) is 11.7 Å². The first kappa shape index (κ1) is 22.5. The second-order valence-electron chi connectivity index (χ2n) is 10.4. The lowest BCUT2D eigenvalue weighted by atomic mass is 9.87. The third kappa shape index (κ3) is 4.17. The largest absolute Gasteiger partial charge is 0.481 e. The molecule has 2 unspecified atom stereocenters. The van der Waals surface area contributed by atoms with Crippen molar-refractivity contribution in [2.75, 3.05) is 13.7 Å². The molecule has 35 heavy (non-hydrogen) atoms. The average molecular weight is 484 g/mol. The van der Waals surface area contributed by atoms with Gasteiger partial charge >= 0.3 is 0 Å². The second-order valence-corrected chi connectivity index (χ2v) is 10.4. The number of rotatable bonds is 5. The van der Waals surface area contributed by atoms with Crippen molar-refractivity contribution in [1.29, 1.82) is 0 Å². The minimum atomic E-state index is -0.542. The zero-order valence-electron chi connectivity index (χ0n) is 19.8. The number of hydrogen-bond donors (Lipinski definition) is 2. The Balaban J connectivity index is 1.12. The highest BCUT2D eigenvalue weighted by Crippen LogP contribution is 2.50. The van der Waals surface area contributed by atoms with E-state index in [1.165, 1.54) is 13.2 Å². The zero-order valence-corrected chi connectivity index (χ0v) is 19.8. The van der Waals surface area contributed by atoms with Crippen LogP contribution < -0.4 is 10.1 Å². The Bertz CT molecular complexity index is 1140. The van der Waals surface area contributed by atoms with Crippen LogP contribution in [-0.2, 0) is 9.53 Å². The van der Waals surface area contributed by atoms with Crippen LogP contribution in [-0.4, -0.2) is 69.3 Å². The van der Waals surface area contributed by atoms with Gasteiger partial charge in [-0.3, -0.25) is 14.7 Å². The maximum Gasteiger partial charge on any atom is 0.272 e. The summed E-state index contributed by atoms with van der Waals surface area (Å²) in [5, 5.41) is 10.2. The minimum absolute atomic E-state index is 0.0854. The number of ether oxygens (including phenoxy) is 2. The number of hydrogen-bond acceptors (Lipinski definition) is 6. The maximum absolute atomic E-state index is 14.3. The minimum Gasteiger partial charge on any atom is -0.481 e. The Morgan fingerprint density at radius 2 is 2.00 bits per heavy atom. The van der Waals surface area contributed by atoms with E-state index in [4.69, 9.17) is 9.47 Å². The SMILES string of the molecule is COc1cc(-c2cc(C(=O)N3CC[C@H](C(=O)NC4CC5CCC(C4)O5)CC34CC4)[nH]n2)c(F)cn1. The molecule has 0 radical (unpaired) electrons. The number of pyridine rings is 1. The molecule has 186 valence electrons. The van der Waals surface area contributed by atoms with Crippen molar-refractivity contribution in [3.8, 4) is 17.1 Å². The Hall–Kier alpha value is -3.01. The average Bonchev–Trinajstić information content (AvgIpc) is 3.28. The van der Waals surface area contributed by atoms with E-state index in [0.29, 0.717) is 30.8 Å².